The molecule has 2 aromatic carbocycles. The molecule has 0 radical (unpaired) electrons. The van der Waals surface area contributed by atoms with Crippen molar-refractivity contribution in [2.75, 3.05) is 5.73 Å². The third kappa shape index (κ3) is 2.54. The van der Waals surface area contributed by atoms with Crippen LogP contribution in [-0.4, -0.2) is 4.98 Å². The lowest BCUT2D eigenvalue weighted by Crippen LogP contribution is -1.92. The molecule has 1 aromatic heterocycles. The first-order valence-electron chi connectivity index (χ1n) is 6.42. The van der Waals surface area contributed by atoms with Gasteiger partial charge in [-0.3, -0.25) is 0 Å². The van der Waals surface area contributed by atoms with Gasteiger partial charge in [0.15, 0.2) is 0 Å². The van der Waals surface area contributed by atoms with Crippen LogP contribution in [0.3, 0.4) is 0 Å². The predicted octanol–water partition coefficient (Wildman–Crippen LogP) is 4.16. The van der Waals surface area contributed by atoms with E-state index in [0.29, 0.717) is 16.4 Å². The van der Waals surface area contributed by atoms with E-state index in [1.165, 1.54) is 11.3 Å². The average Bonchev–Trinajstić information content (AvgIpc) is 2.84. The zero-order chi connectivity index (χ0) is 15.0. The standard InChI is InChI=1S/C16H13N3OS/c1-9-5-11(8-17)6-10(2)15(9)20-16-19-13-4-3-12(18)7-14(13)21-16/h3-7H,18H2,1-2H3. The minimum Gasteiger partial charge on any atom is -0.430 e. The monoisotopic (exact) mass is 295 g/mol. The molecule has 0 saturated heterocycles. The van der Waals surface area contributed by atoms with Gasteiger partial charge < -0.3 is 10.5 Å². The second kappa shape index (κ2) is 5.08. The number of nitriles is 1. The summed E-state index contributed by atoms with van der Waals surface area (Å²) in [4.78, 5) is 4.45. The Hall–Kier alpha value is -2.58. The van der Waals surface area contributed by atoms with Crippen molar-refractivity contribution >= 4 is 27.2 Å². The molecule has 0 fully saturated rings. The van der Waals surface area contributed by atoms with Crippen LogP contribution >= 0.6 is 11.3 Å². The highest BCUT2D eigenvalue weighted by atomic mass is 32.1. The Morgan fingerprint density at radius 1 is 1.19 bits per heavy atom. The second-order valence-corrected chi connectivity index (χ2v) is 5.85. The molecule has 5 heteroatoms. The number of nitrogens with two attached hydrogens (primary N) is 1. The van der Waals surface area contributed by atoms with Crippen molar-refractivity contribution in [3.05, 3.63) is 47.0 Å². The zero-order valence-electron chi connectivity index (χ0n) is 11.7. The number of fused-ring (bicyclic) bond motifs is 1. The van der Waals surface area contributed by atoms with Crippen LogP contribution in [0.15, 0.2) is 30.3 Å². The lowest BCUT2D eigenvalue weighted by atomic mass is 10.1. The molecule has 3 aromatic rings. The third-order valence-corrected chi connectivity index (χ3v) is 4.07. The summed E-state index contributed by atoms with van der Waals surface area (Å²) in [6, 6.07) is 11.4. The summed E-state index contributed by atoms with van der Waals surface area (Å²) < 4.78 is 6.92. The summed E-state index contributed by atoms with van der Waals surface area (Å²) in [5, 5.41) is 9.55. The van der Waals surface area contributed by atoms with Gasteiger partial charge in [-0.1, -0.05) is 11.3 Å². The van der Waals surface area contributed by atoms with Gasteiger partial charge in [-0.25, -0.2) is 4.98 Å². The Labute approximate surface area is 126 Å². The number of thiazole rings is 1. The first-order valence-corrected chi connectivity index (χ1v) is 7.24. The number of benzene rings is 2. The fourth-order valence-corrected chi connectivity index (χ4v) is 3.10. The molecular weight excluding hydrogens is 282 g/mol. The maximum Gasteiger partial charge on any atom is 0.279 e. The Balaban J connectivity index is 2.01. The normalized spacial score (nSPS) is 10.5. The lowest BCUT2D eigenvalue weighted by molar-refractivity contribution is 0.472. The molecule has 0 atom stereocenters. The van der Waals surface area contributed by atoms with Gasteiger partial charge in [0, 0.05) is 5.69 Å². The van der Waals surface area contributed by atoms with E-state index in [1.54, 1.807) is 0 Å². The van der Waals surface area contributed by atoms with Crippen LogP contribution in [0.1, 0.15) is 16.7 Å². The smallest absolute Gasteiger partial charge is 0.279 e. The quantitative estimate of drug-likeness (QED) is 0.720. The van der Waals surface area contributed by atoms with E-state index in [-0.39, 0.29) is 0 Å². The van der Waals surface area contributed by atoms with Crippen LogP contribution in [0.25, 0.3) is 10.2 Å². The fraction of sp³-hybridized carbons (Fsp3) is 0.125. The highest BCUT2D eigenvalue weighted by Gasteiger charge is 2.11. The van der Waals surface area contributed by atoms with Gasteiger partial charge in [-0.15, -0.1) is 0 Å². The zero-order valence-corrected chi connectivity index (χ0v) is 12.5. The van der Waals surface area contributed by atoms with E-state index in [0.717, 1.165) is 27.1 Å². The minimum absolute atomic E-state index is 0.575. The lowest BCUT2D eigenvalue weighted by Gasteiger charge is -2.09. The van der Waals surface area contributed by atoms with Gasteiger partial charge >= 0.3 is 0 Å². The Morgan fingerprint density at radius 3 is 2.57 bits per heavy atom. The second-order valence-electron chi connectivity index (χ2n) is 4.86. The maximum absolute atomic E-state index is 8.98. The number of hydrogen-bond donors (Lipinski definition) is 1. The summed E-state index contributed by atoms with van der Waals surface area (Å²) in [5.41, 5.74) is 9.83. The van der Waals surface area contributed by atoms with E-state index in [1.807, 2.05) is 44.2 Å². The molecule has 1 heterocycles. The summed E-state index contributed by atoms with van der Waals surface area (Å²) >= 11 is 1.46. The van der Waals surface area contributed by atoms with Gasteiger partial charge in [-0.05, 0) is 55.3 Å². The van der Waals surface area contributed by atoms with Crippen LogP contribution in [-0.2, 0) is 0 Å². The predicted molar refractivity (Wildman–Crippen MR) is 84.7 cm³/mol. The molecule has 0 amide bonds. The van der Waals surface area contributed by atoms with E-state index < -0.39 is 0 Å². The molecule has 0 saturated carbocycles. The van der Waals surface area contributed by atoms with Crippen LogP contribution < -0.4 is 10.5 Å². The number of nitrogen functional groups attached to an aromatic ring is 1. The SMILES string of the molecule is Cc1cc(C#N)cc(C)c1Oc1nc2ccc(N)cc2s1. The topological polar surface area (TPSA) is 71.9 Å². The molecule has 0 bridgehead atoms. The highest BCUT2D eigenvalue weighted by molar-refractivity contribution is 7.20. The first kappa shape index (κ1) is 13.4. The Morgan fingerprint density at radius 2 is 1.90 bits per heavy atom. The summed E-state index contributed by atoms with van der Waals surface area (Å²) in [7, 11) is 0. The highest BCUT2D eigenvalue weighted by Crippen LogP contribution is 2.35. The van der Waals surface area contributed by atoms with Crippen LogP contribution in [0.2, 0.25) is 0 Å². The van der Waals surface area contributed by atoms with E-state index in [9.17, 15) is 0 Å². The number of hydrogen-bond acceptors (Lipinski definition) is 5. The number of nitrogens with zero attached hydrogens (tertiary/aromatic N) is 2. The number of ether oxygens (including phenoxy) is 1. The maximum atomic E-state index is 8.98. The summed E-state index contributed by atoms with van der Waals surface area (Å²) in [6.07, 6.45) is 0. The molecule has 3 rings (SSSR count). The van der Waals surface area contributed by atoms with Gasteiger partial charge in [0.25, 0.3) is 5.19 Å². The van der Waals surface area contributed by atoms with Crippen molar-refractivity contribution in [1.29, 1.82) is 5.26 Å². The van der Waals surface area contributed by atoms with Crippen molar-refractivity contribution in [3.63, 3.8) is 0 Å². The number of aryl methyl sites for hydroxylation is 2. The van der Waals surface area contributed by atoms with Gasteiger partial charge in [0.1, 0.15) is 5.75 Å². The van der Waals surface area contributed by atoms with Gasteiger partial charge in [-0.2, -0.15) is 5.26 Å². The number of anilines is 1. The van der Waals surface area contributed by atoms with Crippen molar-refractivity contribution in [1.82, 2.24) is 4.98 Å². The van der Waals surface area contributed by atoms with E-state index >= 15 is 0 Å². The van der Waals surface area contributed by atoms with Crippen LogP contribution in [0, 0.1) is 25.2 Å². The van der Waals surface area contributed by atoms with Crippen LogP contribution in [0.4, 0.5) is 5.69 Å². The molecule has 0 unspecified atom stereocenters. The molecule has 0 aliphatic rings. The summed E-state index contributed by atoms with van der Waals surface area (Å²) in [6.45, 7) is 3.85. The molecular formula is C16H13N3OS. The van der Waals surface area contributed by atoms with Crippen LogP contribution in [0.5, 0.6) is 10.9 Å². The molecule has 0 aliphatic carbocycles. The Bertz CT molecular complexity index is 854. The third-order valence-electron chi connectivity index (χ3n) is 3.17. The van der Waals surface area contributed by atoms with Crippen molar-refractivity contribution in [2.45, 2.75) is 13.8 Å². The number of rotatable bonds is 2. The molecule has 0 aliphatic heterocycles. The van der Waals surface area contributed by atoms with Gasteiger partial charge in [0.2, 0.25) is 0 Å². The van der Waals surface area contributed by atoms with E-state index in [4.69, 9.17) is 15.7 Å². The largest absolute Gasteiger partial charge is 0.430 e. The van der Waals surface area contributed by atoms with Crippen molar-refractivity contribution in [3.8, 4) is 17.0 Å². The first-order chi connectivity index (χ1) is 10.1. The van der Waals surface area contributed by atoms with Crippen molar-refractivity contribution < 1.29 is 4.74 Å². The van der Waals surface area contributed by atoms with Gasteiger partial charge in [0.05, 0.1) is 21.8 Å². The molecule has 0 spiro atoms. The average molecular weight is 295 g/mol. The fourth-order valence-electron chi connectivity index (χ4n) is 2.23. The molecule has 104 valence electrons. The molecule has 4 nitrogen and oxygen atoms in total. The van der Waals surface area contributed by atoms with Crippen molar-refractivity contribution in [2.24, 2.45) is 0 Å². The van der Waals surface area contributed by atoms with E-state index in [2.05, 4.69) is 11.1 Å². The Kier molecular flexibility index (Phi) is 3.24. The molecule has 2 N–H and O–H groups in total. The summed E-state index contributed by atoms with van der Waals surface area (Å²) in [5.74, 6) is 0.751. The molecule has 21 heavy (non-hydrogen) atoms. The minimum atomic E-state index is 0.575. The number of aromatic nitrogens is 1.